The Morgan fingerprint density at radius 3 is 2.58 bits per heavy atom. The lowest BCUT2D eigenvalue weighted by Crippen LogP contribution is -2.25. The summed E-state index contributed by atoms with van der Waals surface area (Å²) in [5, 5.41) is 5.07. The van der Waals surface area contributed by atoms with Gasteiger partial charge in [0.1, 0.15) is 5.82 Å². The third kappa shape index (κ3) is 3.50. The van der Waals surface area contributed by atoms with E-state index >= 15 is 0 Å². The minimum atomic E-state index is -0.108. The summed E-state index contributed by atoms with van der Waals surface area (Å²) in [4.78, 5) is 26.6. The maximum atomic E-state index is 13.4. The molecule has 4 aromatic heterocycles. The summed E-state index contributed by atoms with van der Waals surface area (Å²) in [7, 11) is 0. The van der Waals surface area contributed by atoms with E-state index in [1.54, 1.807) is 35.3 Å². The van der Waals surface area contributed by atoms with E-state index in [-0.39, 0.29) is 5.56 Å². The predicted octanol–water partition coefficient (Wildman–Crippen LogP) is 3.59. The van der Waals surface area contributed by atoms with Gasteiger partial charge in [-0.15, -0.1) is 0 Å². The van der Waals surface area contributed by atoms with Crippen molar-refractivity contribution < 1.29 is 0 Å². The van der Waals surface area contributed by atoms with E-state index in [2.05, 4.69) is 15.1 Å². The number of benzene rings is 1. The molecule has 0 aliphatic rings. The van der Waals surface area contributed by atoms with Gasteiger partial charge in [-0.25, -0.2) is 14.6 Å². The molecule has 4 heterocycles. The van der Waals surface area contributed by atoms with Gasteiger partial charge in [0.05, 0.1) is 28.5 Å². The molecule has 0 aliphatic heterocycles. The van der Waals surface area contributed by atoms with E-state index in [1.165, 1.54) is 0 Å². The topological polar surface area (TPSA) is 78.5 Å². The number of para-hydroxylation sites is 1. The molecule has 0 spiro atoms. The summed E-state index contributed by atoms with van der Waals surface area (Å²) in [6.07, 6.45) is 7.64. The summed E-state index contributed by atoms with van der Waals surface area (Å²) in [5.41, 5.74) is 4.05. The van der Waals surface area contributed by atoms with Crippen molar-refractivity contribution in [3.05, 3.63) is 101 Å². The Morgan fingerprint density at radius 2 is 1.77 bits per heavy atom. The van der Waals surface area contributed by atoms with Crippen LogP contribution in [0.25, 0.3) is 28.1 Å². The average molecular weight is 408 g/mol. The van der Waals surface area contributed by atoms with Crippen LogP contribution < -0.4 is 5.56 Å². The number of aromatic nitrogens is 6. The lowest BCUT2D eigenvalue weighted by atomic mass is 10.2. The van der Waals surface area contributed by atoms with Crippen LogP contribution in [0, 0.1) is 6.92 Å². The van der Waals surface area contributed by atoms with Crippen LogP contribution in [-0.2, 0) is 13.0 Å². The zero-order valence-corrected chi connectivity index (χ0v) is 17.0. The Labute approximate surface area is 178 Å². The molecule has 31 heavy (non-hydrogen) atoms. The van der Waals surface area contributed by atoms with E-state index in [0.717, 1.165) is 22.5 Å². The third-order valence-corrected chi connectivity index (χ3v) is 5.33. The average Bonchev–Trinajstić information content (AvgIpc) is 3.20. The molecule has 0 fully saturated rings. The van der Waals surface area contributed by atoms with Crippen molar-refractivity contribution >= 4 is 11.0 Å². The first-order valence-electron chi connectivity index (χ1n) is 10.1. The van der Waals surface area contributed by atoms with E-state index < -0.39 is 0 Å². The van der Waals surface area contributed by atoms with Crippen molar-refractivity contribution in [2.75, 3.05) is 0 Å². The first-order valence-corrected chi connectivity index (χ1v) is 10.1. The van der Waals surface area contributed by atoms with Gasteiger partial charge >= 0.3 is 0 Å². The minimum absolute atomic E-state index is 0.108. The van der Waals surface area contributed by atoms with E-state index in [1.807, 2.05) is 60.3 Å². The van der Waals surface area contributed by atoms with E-state index in [9.17, 15) is 4.79 Å². The zero-order valence-electron chi connectivity index (χ0n) is 17.0. The number of fused-ring (bicyclic) bond motifs is 1. The van der Waals surface area contributed by atoms with Crippen LogP contribution in [0.4, 0.5) is 0 Å². The third-order valence-electron chi connectivity index (χ3n) is 5.33. The number of rotatable bonds is 5. The Hall–Kier alpha value is -4.13. The van der Waals surface area contributed by atoms with Crippen LogP contribution in [0.3, 0.4) is 0 Å². The molecule has 0 aliphatic carbocycles. The van der Waals surface area contributed by atoms with Crippen LogP contribution in [0.15, 0.2) is 84.2 Å². The molecule has 1 aromatic carbocycles. The number of hydrogen-bond donors (Lipinski definition) is 0. The van der Waals surface area contributed by atoms with Gasteiger partial charge in [0, 0.05) is 25.1 Å². The lowest BCUT2D eigenvalue weighted by molar-refractivity contribution is 0.669. The van der Waals surface area contributed by atoms with Crippen LogP contribution in [0.1, 0.15) is 11.3 Å². The second-order valence-electron chi connectivity index (χ2n) is 7.27. The van der Waals surface area contributed by atoms with Crippen LogP contribution >= 0.6 is 0 Å². The number of hydrogen-bond acceptors (Lipinski definition) is 5. The molecule has 0 atom stereocenters. The molecule has 0 saturated heterocycles. The van der Waals surface area contributed by atoms with Crippen molar-refractivity contribution in [2.45, 2.75) is 19.9 Å². The molecule has 0 amide bonds. The first-order chi connectivity index (χ1) is 15.2. The maximum Gasteiger partial charge on any atom is 0.263 e. The van der Waals surface area contributed by atoms with Crippen molar-refractivity contribution in [1.29, 1.82) is 0 Å². The van der Waals surface area contributed by atoms with Crippen LogP contribution in [0.5, 0.6) is 0 Å². The second kappa shape index (κ2) is 7.95. The van der Waals surface area contributed by atoms with Crippen molar-refractivity contribution in [2.24, 2.45) is 0 Å². The van der Waals surface area contributed by atoms with Crippen LogP contribution in [-0.4, -0.2) is 29.3 Å². The number of nitrogens with zero attached hydrogens (tertiary/aromatic N) is 6. The highest BCUT2D eigenvalue weighted by Gasteiger charge is 2.18. The number of pyridine rings is 2. The standard InChI is InChI=1S/C24H20N6O/c1-17-21(16-27-30(17)19-8-3-2-4-9-19)23-28-22-20(10-6-13-26-22)24(31)29(23)14-11-18-7-5-12-25-15-18/h2-10,12-13,15-16H,11,14H2,1H3. The van der Waals surface area contributed by atoms with Gasteiger partial charge in [0.2, 0.25) is 0 Å². The SMILES string of the molecule is Cc1c(-c2nc3ncccc3c(=O)n2CCc2cccnc2)cnn1-c1ccccc1. The van der Waals surface area contributed by atoms with Gasteiger partial charge in [0.15, 0.2) is 5.65 Å². The van der Waals surface area contributed by atoms with Gasteiger partial charge in [-0.2, -0.15) is 5.10 Å². The quantitative estimate of drug-likeness (QED) is 0.444. The van der Waals surface area contributed by atoms with Gasteiger partial charge in [-0.3, -0.25) is 14.3 Å². The monoisotopic (exact) mass is 408 g/mol. The second-order valence-corrected chi connectivity index (χ2v) is 7.27. The Balaban J connectivity index is 1.66. The molecule has 5 rings (SSSR count). The minimum Gasteiger partial charge on any atom is -0.292 e. The molecule has 0 N–H and O–H groups in total. The molecule has 0 radical (unpaired) electrons. The molecule has 0 unspecified atom stereocenters. The fourth-order valence-electron chi connectivity index (χ4n) is 3.71. The van der Waals surface area contributed by atoms with E-state index in [4.69, 9.17) is 4.98 Å². The summed E-state index contributed by atoms with van der Waals surface area (Å²) >= 11 is 0. The molecule has 7 nitrogen and oxygen atoms in total. The van der Waals surface area contributed by atoms with Crippen molar-refractivity contribution in [3.63, 3.8) is 0 Å². The first kappa shape index (κ1) is 18.9. The molecule has 152 valence electrons. The normalized spacial score (nSPS) is 11.1. The molecular weight excluding hydrogens is 388 g/mol. The largest absolute Gasteiger partial charge is 0.292 e. The molecule has 0 bridgehead atoms. The summed E-state index contributed by atoms with van der Waals surface area (Å²) < 4.78 is 3.58. The fourth-order valence-corrected chi connectivity index (χ4v) is 3.71. The smallest absolute Gasteiger partial charge is 0.263 e. The zero-order chi connectivity index (χ0) is 21.2. The van der Waals surface area contributed by atoms with Gasteiger partial charge in [-0.05, 0) is 49.2 Å². The Morgan fingerprint density at radius 1 is 0.935 bits per heavy atom. The van der Waals surface area contributed by atoms with Crippen molar-refractivity contribution in [3.8, 4) is 17.1 Å². The van der Waals surface area contributed by atoms with Crippen LogP contribution in [0.2, 0.25) is 0 Å². The molecule has 7 heteroatoms. The highest BCUT2D eigenvalue weighted by molar-refractivity contribution is 5.76. The van der Waals surface area contributed by atoms with Gasteiger partial charge < -0.3 is 0 Å². The van der Waals surface area contributed by atoms with E-state index in [0.29, 0.717) is 29.8 Å². The maximum absolute atomic E-state index is 13.4. The van der Waals surface area contributed by atoms with Gasteiger partial charge in [-0.1, -0.05) is 24.3 Å². The summed E-state index contributed by atoms with van der Waals surface area (Å²) in [6.45, 7) is 2.46. The predicted molar refractivity (Wildman–Crippen MR) is 119 cm³/mol. The van der Waals surface area contributed by atoms with Gasteiger partial charge in [0.25, 0.3) is 5.56 Å². The highest BCUT2D eigenvalue weighted by Crippen LogP contribution is 2.24. The lowest BCUT2D eigenvalue weighted by Gasteiger charge is -2.13. The number of aryl methyl sites for hydroxylation is 1. The van der Waals surface area contributed by atoms with Crippen molar-refractivity contribution in [1.82, 2.24) is 29.3 Å². The highest BCUT2D eigenvalue weighted by atomic mass is 16.1. The summed E-state index contributed by atoms with van der Waals surface area (Å²) in [5.74, 6) is 0.569. The Bertz CT molecular complexity index is 1410. The molecular formula is C24H20N6O. The fraction of sp³-hybridized carbons (Fsp3) is 0.125. The molecule has 5 aromatic rings. The molecule has 0 saturated carbocycles. The Kier molecular flexibility index (Phi) is 4.84. The summed E-state index contributed by atoms with van der Waals surface area (Å²) in [6, 6.07) is 17.3.